The Kier molecular flexibility index (Phi) is 5.66. The molecule has 0 fully saturated rings. The number of amides is 1. The number of nitro groups is 1. The van der Waals surface area contributed by atoms with E-state index in [0.717, 1.165) is 12.1 Å². The Hall–Kier alpha value is -2.15. The molecule has 0 radical (unpaired) electrons. The van der Waals surface area contributed by atoms with Crippen LogP contribution in [0.25, 0.3) is 0 Å². The van der Waals surface area contributed by atoms with Crippen LogP contribution >= 0.6 is 11.6 Å². The topological polar surface area (TPSA) is 110 Å². The zero-order valence-corrected chi connectivity index (χ0v) is 12.3. The maximum absolute atomic E-state index is 12.1. The van der Waals surface area contributed by atoms with Crippen molar-refractivity contribution in [1.29, 1.82) is 0 Å². The molecule has 1 aromatic carbocycles. The van der Waals surface area contributed by atoms with Gasteiger partial charge in [-0.1, -0.05) is 31.9 Å². The van der Waals surface area contributed by atoms with Gasteiger partial charge >= 0.3 is 5.97 Å². The Morgan fingerprint density at radius 1 is 1.48 bits per heavy atom. The van der Waals surface area contributed by atoms with Crippen molar-refractivity contribution >= 4 is 29.2 Å². The number of carbonyl (C=O) groups is 2. The van der Waals surface area contributed by atoms with Gasteiger partial charge in [0.2, 0.25) is 0 Å². The van der Waals surface area contributed by atoms with Gasteiger partial charge in [0, 0.05) is 12.1 Å². The highest BCUT2D eigenvalue weighted by molar-refractivity contribution is 6.34. The van der Waals surface area contributed by atoms with Crippen LogP contribution in [0.1, 0.15) is 30.6 Å². The minimum Gasteiger partial charge on any atom is -0.480 e. The number of rotatable bonds is 6. The number of carboxylic acids is 1. The second-order valence-electron chi connectivity index (χ2n) is 4.60. The maximum Gasteiger partial charge on any atom is 0.326 e. The Balaban J connectivity index is 2.98. The van der Waals surface area contributed by atoms with Crippen LogP contribution < -0.4 is 5.32 Å². The van der Waals surface area contributed by atoms with Gasteiger partial charge in [-0.3, -0.25) is 14.9 Å². The van der Waals surface area contributed by atoms with E-state index in [9.17, 15) is 19.7 Å². The molecule has 0 heterocycles. The van der Waals surface area contributed by atoms with Crippen molar-refractivity contribution in [2.45, 2.75) is 26.3 Å². The molecule has 0 aliphatic rings. The summed E-state index contributed by atoms with van der Waals surface area (Å²) in [5.41, 5.74) is -0.245. The summed E-state index contributed by atoms with van der Waals surface area (Å²) in [6.07, 6.45) is 0.575. The quantitative estimate of drug-likeness (QED) is 0.619. The Bertz CT molecular complexity index is 576. The van der Waals surface area contributed by atoms with E-state index in [-0.39, 0.29) is 22.2 Å². The van der Waals surface area contributed by atoms with Gasteiger partial charge in [-0.05, 0) is 12.0 Å². The Labute approximate surface area is 126 Å². The molecule has 0 aromatic heterocycles. The molecule has 2 N–H and O–H groups in total. The molecule has 0 spiro atoms. The minimum absolute atomic E-state index is 0.00294. The highest BCUT2D eigenvalue weighted by atomic mass is 35.5. The number of hydrogen-bond acceptors (Lipinski definition) is 4. The number of carbonyl (C=O) groups excluding carboxylic acids is 1. The summed E-state index contributed by atoms with van der Waals surface area (Å²) in [5, 5.41) is 22.0. The van der Waals surface area contributed by atoms with Gasteiger partial charge in [-0.25, -0.2) is 4.79 Å². The number of hydrogen-bond donors (Lipinski definition) is 2. The van der Waals surface area contributed by atoms with Crippen LogP contribution in [-0.2, 0) is 4.79 Å². The summed E-state index contributed by atoms with van der Waals surface area (Å²) in [4.78, 5) is 33.2. The average Bonchev–Trinajstić information content (AvgIpc) is 2.42. The first-order valence-electron chi connectivity index (χ1n) is 6.25. The molecular formula is C13H15ClN2O5. The molecule has 0 bridgehead atoms. The molecule has 8 heteroatoms. The zero-order chi connectivity index (χ0) is 16.2. The van der Waals surface area contributed by atoms with Crippen LogP contribution in [-0.4, -0.2) is 27.9 Å². The monoisotopic (exact) mass is 314 g/mol. The van der Waals surface area contributed by atoms with Crippen LogP contribution in [0.15, 0.2) is 18.2 Å². The summed E-state index contributed by atoms with van der Waals surface area (Å²) in [7, 11) is 0. The molecule has 0 saturated carbocycles. The molecule has 0 saturated heterocycles. The lowest BCUT2D eigenvalue weighted by Crippen LogP contribution is -2.45. The SMILES string of the molecule is CCC(C)C(NC(=O)c1ccc([N+](=O)[O-])cc1Cl)C(=O)O. The van der Waals surface area contributed by atoms with Crippen molar-refractivity contribution in [2.75, 3.05) is 0 Å². The fourth-order valence-electron chi connectivity index (χ4n) is 1.70. The molecule has 114 valence electrons. The summed E-state index contributed by atoms with van der Waals surface area (Å²) < 4.78 is 0. The predicted octanol–water partition coefficient (Wildman–Crippen LogP) is 2.48. The first-order chi connectivity index (χ1) is 9.77. The van der Waals surface area contributed by atoms with E-state index in [1.165, 1.54) is 6.07 Å². The number of aliphatic carboxylic acids is 1. The second-order valence-corrected chi connectivity index (χ2v) is 5.00. The van der Waals surface area contributed by atoms with E-state index in [4.69, 9.17) is 16.7 Å². The fraction of sp³-hybridized carbons (Fsp3) is 0.385. The number of non-ortho nitro benzene ring substituents is 1. The summed E-state index contributed by atoms with van der Waals surface area (Å²) in [6.45, 7) is 3.52. The van der Waals surface area contributed by atoms with Gasteiger partial charge in [0.05, 0.1) is 15.5 Å². The maximum atomic E-state index is 12.1. The lowest BCUT2D eigenvalue weighted by atomic mass is 9.99. The smallest absolute Gasteiger partial charge is 0.326 e. The molecule has 0 aliphatic heterocycles. The minimum atomic E-state index is -1.14. The molecule has 1 rings (SSSR count). The third-order valence-corrected chi connectivity index (χ3v) is 3.49. The van der Waals surface area contributed by atoms with Crippen LogP contribution in [0.4, 0.5) is 5.69 Å². The van der Waals surface area contributed by atoms with Crippen molar-refractivity contribution in [1.82, 2.24) is 5.32 Å². The van der Waals surface area contributed by atoms with E-state index in [1.807, 2.05) is 6.92 Å². The molecule has 2 unspecified atom stereocenters. The van der Waals surface area contributed by atoms with Crippen LogP contribution in [0, 0.1) is 16.0 Å². The first-order valence-corrected chi connectivity index (χ1v) is 6.63. The van der Waals surface area contributed by atoms with E-state index in [0.29, 0.717) is 6.42 Å². The Morgan fingerprint density at radius 3 is 2.52 bits per heavy atom. The number of nitro benzene ring substituents is 1. The average molecular weight is 315 g/mol. The van der Waals surface area contributed by atoms with Crippen LogP contribution in [0.2, 0.25) is 5.02 Å². The standard InChI is InChI=1S/C13H15ClN2O5/c1-3-7(2)11(13(18)19)15-12(17)9-5-4-8(16(20)21)6-10(9)14/h4-7,11H,3H2,1-2H3,(H,15,17)(H,18,19). The molecule has 1 amide bonds. The van der Waals surface area contributed by atoms with Gasteiger partial charge in [0.25, 0.3) is 11.6 Å². The van der Waals surface area contributed by atoms with Crippen molar-refractivity contribution < 1.29 is 19.6 Å². The molecule has 2 atom stereocenters. The largest absolute Gasteiger partial charge is 0.480 e. The highest BCUT2D eigenvalue weighted by Gasteiger charge is 2.26. The molecule has 1 aromatic rings. The lowest BCUT2D eigenvalue weighted by Gasteiger charge is -2.20. The second kappa shape index (κ2) is 7.03. The number of benzene rings is 1. The van der Waals surface area contributed by atoms with Gasteiger partial charge in [0.15, 0.2) is 0 Å². The van der Waals surface area contributed by atoms with Gasteiger partial charge in [-0.2, -0.15) is 0 Å². The first kappa shape index (κ1) is 16.9. The van der Waals surface area contributed by atoms with Crippen LogP contribution in [0.5, 0.6) is 0 Å². The Morgan fingerprint density at radius 2 is 2.10 bits per heavy atom. The predicted molar refractivity (Wildman–Crippen MR) is 76.5 cm³/mol. The van der Waals surface area contributed by atoms with Gasteiger partial charge in [-0.15, -0.1) is 0 Å². The third kappa shape index (κ3) is 4.16. The number of halogens is 1. The molecule has 0 aliphatic carbocycles. The van der Waals surface area contributed by atoms with E-state index in [2.05, 4.69) is 5.32 Å². The lowest BCUT2D eigenvalue weighted by molar-refractivity contribution is -0.384. The summed E-state index contributed by atoms with van der Waals surface area (Å²) in [6, 6.07) is 2.34. The normalized spacial score (nSPS) is 13.3. The van der Waals surface area contributed by atoms with Crippen LogP contribution in [0.3, 0.4) is 0 Å². The molecule has 21 heavy (non-hydrogen) atoms. The third-order valence-electron chi connectivity index (χ3n) is 3.17. The number of carboxylic acid groups (broad SMARTS) is 1. The van der Waals surface area contributed by atoms with E-state index >= 15 is 0 Å². The van der Waals surface area contributed by atoms with Gasteiger partial charge in [0.1, 0.15) is 6.04 Å². The zero-order valence-electron chi connectivity index (χ0n) is 11.5. The molecule has 7 nitrogen and oxygen atoms in total. The summed E-state index contributed by atoms with van der Waals surface area (Å²) in [5.74, 6) is -2.08. The highest BCUT2D eigenvalue weighted by Crippen LogP contribution is 2.22. The van der Waals surface area contributed by atoms with Gasteiger partial charge < -0.3 is 10.4 Å². The van der Waals surface area contributed by atoms with Crippen molar-refractivity contribution in [3.63, 3.8) is 0 Å². The van der Waals surface area contributed by atoms with Crippen molar-refractivity contribution in [3.05, 3.63) is 38.9 Å². The number of nitrogens with zero attached hydrogens (tertiary/aromatic N) is 1. The van der Waals surface area contributed by atoms with E-state index in [1.54, 1.807) is 6.92 Å². The fourth-order valence-corrected chi connectivity index (χ4v) is 1.96. The molecular weight excluding hydrogens is 300 g/mol. The van der Waals surface area contributed by atoms with Crippen molar-refractivity contribution in [2.24, 2.45) is 5.92 Å². The number of nitrogens with one attached hydrogen (secondary N) is 1. The van der Waals surface area contributed by atoms with Crippen molar-refractivity contribution in [3.8, 4) is 0 Å². The summed E-state index contributed by atoms with van der Waals surface area (Å²) >= 11 is 5.83. The van der Waals surface area contributed by atoms with E-state index < -0.39 is 22.8 Å².